The second kappa shape index (κ2) is 5.16. The average molecular weight is 300 g/mol. The lowest BCUT2D eigenvalue weighted by Crippen LogP contribution is -2.34. The molecule has 6 heteroatoms. The van der Waals surface area contributed by atoms with Crippen LogP contribution in [-0.4, -0.2) is 31.9 Å². The third-order valence-electron chi connectivity index (χ3n) is 3.68. The van der Waals surface area contributed by atoms with Crippen LogP contribution in [0.2, 0.25) is 0 Å². The van der Waals surface area contributed by atoms with E-state index in [1.54, 1.807) is 10.4 Å². The Balaban J connectivity index is 1.81. The summed E-state index contributed by atoms with van der Waals surface area (Å²) < 4.78 is 27.6. The van der Waals surface area contributed by atoms with Crippen molar-refractivity contribution >= 4 is 21.4 Å². The van der Waals surface area contributed by atoms with Gasteiger partial charge in [0, 0.05) is 17.5 Å². The molecule has 0 aromatic carbocycles. The highest BCUT2D eigenvalue weighted by Crippen LogP contribution is 2.39. The molecular weight excluding hydrogens is 280 g/mol. The minimum Gasteiger partial charge on any atom is -0.330 e. The van der Waals surface area contributed by atoms with Crippen molar-refractivity contribution in [2.45, 2.75) is 42.4 Å². The van der Waals surface area contributed by atoms with Gasteiger partial charge in [0.05, 0.1) is 0 Å². The normalized spacial score (nSPS) is 20.1. The van der Waals surface area contributed by atoms with Gasteiger partial charge in [-0.15, -0.1) is 11.3 Å². The van der Waals surface area contributed by atoms with Gasteiger partial charge in [-0.2, -0.15) is 4.31 Å². The third kappa shape index (κ3) is 3.02. The van der Waals surface area contributed by atoms with Gasteiger partial charge in [-0.25, -0.2) is 8.42 Å². The van der Waals surface area contributed by atoms with E-state index in [1.165, 1.54) is 24.2 Å². The molecule has 1 aromatic rings. The number of sulfonamides is 1. The number of nitrogens with zero attached hydrogens (tertiary/aromatic N) is 1. The quantitative estimate of drug-likeness (QED) is 0.835. The Hall–Kier alpha value is -0.430. The molecule has 0 spiro atoms. The Labute approximate surface area is 118 Å². The molecule has 2 aliphatic rings. The van der Waals surface area contributed by atoms with E-state index >= 15 is 0 Å². The summed E-state index contributed by atoms with van der Waals surface area (Å²) in [4.78, 5) is 1.06. The van der Waals surface area contributed by atoms with Crippen LogP contribution < -0.4 is 5.73 Å². The van der Waals surface area contributed by atoms with Crippen LogP contribution in [0.1, 0.15) is 30.6 Å². The fraction of sp³-hybridized carbons (Fsp3) is 0.692. The third-order valence-corrected chi connectivity index (χ3v) is 7.21. The first-order valence-corrected chi connectivity index (χ1v) is 9.17. The Morgan fingerprint density at radius 1 is 1.26 bits per heavy atom. The summed E-state index contributed by atoms with van der Waals surface area (Å²) in [6.07, 6.45) is 5.16. The lowest BCUT2D eigenvalue weighted by atomic mass is 10.3. The molecule has 2 fully saturated rings. The van der Waals surface area contributed by atoms with Gasteiger partial charge in [-0.05, 0) is 56.7 Å². The molecule has 4 nitrogen and oxygen atoms in total. The van der Waals surface area contributed by atoms with E-state index in [4.69, 9.17) is 5.73 Å². The molecule has 19 heavy (non-hydrogen) atoms. The Kier molecular flexibility index (Phi) is 3.68. The van der Waals surface area contributed by atoms with Gasteiger partial charge in [-0.1, -0.05) is 0 Å². The Morgan fingerprint density at radius 3 is 2.58 bits per heavy atom. The summed E-state index contributed by atoms with van der Waals surface area (Å²) in [5.74, 6) is 0.596. The van der Waals surface area contributed by atoms with E-state index in [1.807, 2.05) is 6.07 Å². The van der Waals surface area contributed by atoms with Crippen molar-refractivity contribution in [3.63, 3.8) is 0 Å². The number of thiophene rings is 1. The molecule has 1 aromatic heterocycles. The van der Waals surface area contributed by atoms with Crippen molar-refractivity contribution in [1.29, 1.82) is 0 Å². The molecule has 0 unspecified atom stereocenters. The van der Waals surface area contributed by atoms with E-state index in [-0.39, 0.29) is 6.04 Å². The van der Waals surface area contributed by atoms with Crippen LogP contribution in [0, 0.1) is 5.92 Å². The number of rotatable bonds is 7. The molecule has 3 rings (SSSR count). The number of nitrogens with two attached hydrogens (primary N) is 1. The van der Waals surface area contributed by atoms with Crippen molar-refractivity contribution in [1.82, 2.24) is 4.31 Å². The molecule has 0 bridgehead atoms. The lowest BCUT2D eigenvalue weighted by Gasteiger charge is -2.20. The molecule has 2 saturated carbocycles. The van der Waals surface area contributed by atoms with Crippen LogP contribution in [0.25, 0.3) is 0 Å². The largest absolute Gasteiger partial charge is 0.330 e. The highest BCUT2D eigenvalue weighted by atomic mass is 32.2. The van der Waals surface area contributed by atoms with Gasteiger partial charge in [0.25, 0.3) is 10.0 Å². The molecule has 0 saturated heterocycles. The summed E-state index contributed by atoms with van der Waals surface area (Å²) in [7, 11) is -3.28. The van der Waals surface area contributed by atoms with Crippen LogP contribution in [0.5, 0.6) is 0 Å². The summed E-state index contributed by atoms with van der Waals surface area (Å²) in [5.41, 5.74) is 5.52. The first kappa shape index (κ1) is 13.5. The van der Waals surface area contributed by atoms with E-state index in [0.717, 1.165) is 30.7 Å². The zero-order valence-corrected chi connectivity index (χ0v) is 12.5. The fourth-order valence-electron chi connectivity index (χ4n) is 2.25. The van der Waals surface area contributed by atoms with E-state index in [9.17, 15) is 8.42 Å². The van der Waals surface area contributed by atoms with Gasteiger partial charge in [0.15, 0.2) is 0 Å². The minimum atomic E-state index is -3.28. The SMILES string of the molecule is NCCc1ccc(S(=O)(=O)N(CC2CC2)C2CC2)s1. The van der Waals surface area contributed by atoms with Crippen molar-refractivity contribution < 1.29 is 8.42 Å². The number of hydrogen-bond acceptors (Lipinski definition) is 4. The van der Waals surface area contributed by atoms with Gasteiger partial charge in [0.1, 0.15) is 4.21 Å². The lowest BCUT2D eigenvalue weighted by molar-refractivity contribution is 0.390. The molecule has 0 radical (unpaired) electrons. The molecule has 2 N–H and O–H groups in total. The molecule has 1 heterocycles. The van der Waals surface area contributed by atoms with E-state index in [0.29, 0.717) is 16.7 Å². The molecule has 0 atom stereocenters. The monoisotopic (exact) mass is 300 g/mol. The first-order chi connectivity index (χ1) is 9.11. The Morgan fingerprint density at radius 2 is 2.00 bits per heavy atom. The standard InChI is InChI=1S/C13H20N2O2S2/c14-8-7-12-5-6-13(18-12)19(16,17)15(11-3-4-11)9-10-1-2-10/h5-6,10-11H,1-4,7-9,14H2. The van der Waals surface area contributed by atoms with Crippen molar-refractivity contribution in [3.8, 4) is 0 Å². The highest BCUT2D eigenvalue weighted by Gasteiger charge is 2.41. The maximum atomic E-state index is 12.7. The average Bonchev–Trinajstić information content (AvgIpc) is 3.27. The number of hydrogen-bond donors (Lipinski definition) is 1. The molecule has 2 aliphatic carbocycles. The van der Waals surface area contributed by atoms with Gasteiger partial charge in [0.2, 0.25) is 0 Å². The topological polar surface area (TPSA) is 63.4 Å². The van der Waals surface area contributed by atoms with E-state index in [2.05, 4.69) is 0 Å². The minimum absolute atomic E-state index is 0.255. The van der Waals surface area contributed by atoms with E-state index < -0.39 is 10.0 Å². The zero-order valence-electron chi connectivity index (χ0n) is 10.9. The molecule has 106 valence electrons. The van der Waals surface area contributed by atoms with Crippen LogP contribution in [-0.2, 0) is 16.4 Å². The highest BCUT2D eigenvalue weighted by molar-refractivity contribution is 7.91. The second-order valence-electron chi connectivity index (χ2n) is 5.51. The Bertz CT molecular complexity index is 545. The fourth-order valence-corrected chi connectivity index (χ4v) is 5.51. The van der Waals surface area contributed by atoms with Crippen LogP contribution in [0.15, 0.2) is 16.3 Å². The van der Waals surface area contributed by atoms with Gasteiger partial charge < -0.3 is 5.73 Å². The van der Waals surface area contributed by atoms with Crippen molar-refractivity contribution in [2.75, 3.05) is 13.1 Å². The summed E-state index contributed by atoms with van der Waals surface area (Å²) in [6, 6.07) is 3.89. The predicted octanol–water partition coefficient (Wildman–Crippen LogP) is 1.81. The van der Waals surface area contributed by atoms with Crippen LogP contribution in [0.3, 0.4) is 0 Å². The molecule has 0 amide bonds. The van der Waals surface area contributed by atoms with Crippen LogP contribution >= 0.6 is 11.3 Å². The predicted molar refractivity (Wildman–Crippen MR) is 76.7 cm³/mol. The van der Waals surface area contributed by atoms with Gasteiger partial charge >= 0.3 is 0 Å². The van der Waals surface area contributed by atoms with Gasteiger partial charge in [-0.3, -0.25) is 0 Å². The molecule has 0 aliphatic heterocycles. The van der Waals surface area contributed by atoms with Crippen LogP contribution in [0.4, 0.5) is 0 Å². The maximum Gasteiger partial charge on any atom is 0.252 e. The zero-order chi connectivity index (χ0) is 13.5. The second-order valence-corrected chi connectivity index (χ2v) is 8.79. The summed E-state index contributed by atoms with van der Waals surface area (Å²) in [5, 5.41) is 0. The first-order valence-electron chi connectivity index (χ1n) is 6.92. The summed E-state index contributed by atoms with van der Waals surface area (Å²) in [6.45, 7) is 1.28. The van der Waals surface area contributed by atoms with Crippen molar-refractivity contribution in [2.24, 2.45) is 11.7 Å². The smallest absolute Gasteiger partial charge is 0.252 e. The summed E-state index contributed by atoms with van der Waals surface area (Å²) >= 11 is 1.38. The van der Waals surface area contributed by atoms with Crippen molar-refractivity contribution in [3.05, 3.63) is 17.0 Å². The molecular formula is C13H20N2O2S2. The maximum absolute atomic E-state index is 12.7.